The van der Waals surface area contributed by atoms with Gasteiger partial charge in [-0.15, -0.1) is 0 Å². The largest absolute Gasteiger partial charge is 0.367 e. The van der Waals surface area contributed by atoms with Gasteiger partial charge in [-0.2, -0.15) is 0 Å². The Morgan fingerprint density at radius 3 is 2.47 bits per heavy atom. The van der Waals surface area contributed by atoms with Crippen molar-refractivity contribution in [3.05, 3.63) is 23.8 Å². The number of carbonyl (C=O) groups excluding carboxylic acids is 3. The van der Waals surface area contributed by atoms with E-state index in [1.165, 1.54) is 14.1 Å². The average molecular weight is 428 g/mol. The number of amides is 4. The van der Waals surface area contributed by atoms with Crippen LogP contribution in [0.25, 0.3) is 0 Å². The van der Waals surface area contributed by atoms with Gasteiger partial charge in [-0.1, -0.05) is 0 Å². The van der Waals surface area contributed by atoms with Crippen molar-refractivity contribution in [1.82, 2.24) is 15.1 Å². The molecule has 0 radical (unpaired) electrons. The molecule has 2 saturated heterocycles. The summed E-state index contributed by atoms with van der Waals surface area (Å²) in [5, 5.41) is 7.06. The predicted molar refractivity (Wildman–Crippen MR) is 116 cm³/mol. The molecule has 4 aliphatic rings. The third-order valence-corrected chi connectivity index (χ3v) is 7.02. The first kappa shape index (κ1) is 19.3. The van der Waals surface area contributed by atoms with E-state index in [0.717, 1.165) is 59.0 Å². The first-order valence-electron chi connectivity index (χ1n) is 10.4. The summed E-state index contributed by atoms with van der Waals surface area (Å²) in [4.78, 5) is 43.5. The normalized spacial score (nSPS) is 24.8. The fourth-order valence-corrected chi connectivity index (χ4v) is 5.46. The number of urea groups is 1. The van der Waals surface area contributed by atoms with Gasteiger partial charge in [-0.25, -0.2) is 4.79 Å². The van der Waals surface area contributed by atoms with Crippen molar-refractivity contribution in [1.29, 1.82) is 0 Å². The lowest BCUT2D eigenvalue weighted by Crippen LogP contribution is -2.70. The number of thiocarbonyl (C=S) groups is 1. The zero-order valence-electron chi connectivity index (χ0n) is 17.1. The second kappa shape index (κ2) is 6.66. The first-order chi connectivity index (χ1) is 14.3. The molecule has 0 bridgehead atoms. The molecule has 1 spiro atoms. The number of nitrogens with one attached hydrogen (secondary N) is 2. The van der Waals surface area contributed by atoms with Crippen LogP contribution < -0.4 is 15.5 Å². The number of fused-ring (bicyclic) bond motifs is 4. The number of barbiturate groups is 1. The molecule has 1 atom stereocenters. The number of hydrogen-bond acceptors (Lipinski definition) is 5. The van der Waals surface area contributed by atoms with Gasteiger partial charge in [0.2, 0.25) is 11.8 Å². The van der Waals surface area contributed by atoms with Crippen molar-refractivity contribution in [3.8, 4) is 0 Å². The van der Waals surface area contributed by atoms with Crippen LogP contribution in [0.5, 0.6) is 0 Å². The number of anilines is 2. The zero-order valence-corrected chi connectivity index (χ0v) is 17.9. The Bertz CT molecular complexity index is 951. The molecule has 1 aromatic rings. The van der Waals surface area contributed by atoms with Crippen molar-refractivity contribution in [3.63, 3.8) is 0 Å². The standard InChI is InChI=1S/C21H25N5O3S/c1-24-17(27)21(18(28)25(2)20(24)29)11-12-10-14(23-19(30)22-13-5-6-13)7-8-15(12)26-9-3-4-16(21)26/h7-8,10,13,16H,3-6,9,11H2,1-2H3,(H2,22,23,30)/t16-/m1/s1. The van der Waals surface area contributed by atoms with Crippen LogP contribution >= 0.6 is 12.2 Å². The average Bonchev–Trinajstić information content (AvgIpc) is 3.39. The topological polar surface area (TPSA) is 85.0 Å². The van der Waals surface area contributed by atoms with Gasteiger partial charge in [0, 0.05) is 38.1 Å². The Morgan fingerprint density at radius 2 is 1.80 bits per heavy atom. The minimum Gasteiger partial charge on any atom is -0.367 e. The zero-order chi connectivity index (χ0) is 21.2. The smallest absolute Gasteiger partial charge is 0.332 e. The molecule has 158 valence electrons. The number of imide groups is 2. The van der Waals surface area contributed by atoms with Crippen LogP contribution in [0.15, 0.2) is 18.2 Å². The van der Waals surface area contributed by atoms with Crippen molar-refractivity contribution < 1.29 is 14.4 Å². The molecule has 4 amide bonds. The number of benzene rings is 1. The van der Waals surface area contributed by atoms with Crippen LogP contribution in [0.2, 0.25) is 0 Å². The lowest BCUT2D eigenvalue weighted by molar-refractivity contribution is -0.159. The van der Waals surface area contributed by atoms with Crippen LogP contribution in [0, 0.1) is 5.41 Å². The summed E-state index contributed by atoms with van der Waals surface area (Å²) in [5.41, 5.74) is 1.53. The van der Waals surface area contributed by atoms with Gasteiger partial charge in [0.15, 0.2) is 10.5 Å². The number of nitrogens with zero attached hydrogens (tertiary/aromatic N) is 3. The van der Waals surface area contributed by atoms with Crippen LogP contribution in [0.3, 0.4) is 0 Å². The van der Waals surface area contributed by atoms with E-state index < -0.39 is 23.3 Å². The number of rotatable bonds is 2. The Balaban J connectivity index is 1.53. The van der Waals surface area contributed by atoms with Gasteiger partial charge in [-0.3, -0.25) is 19.4 Å². The summed E-state index contributed by atoms with van der Waals surface area (Å²) in [5.74, 6) is -0.801. The molecular formula is C21H25N5O3S. The molecule has 5 rings (SSSR count). The SMILES string of the molecule is CN1C(=O)N(C)C(=O)C2(Cc3cc(NC(=S)NC4CC4)ccc3N3CCC[C@@H]32)C1=O. The van der Waals surface area contributed by atoms with E-state index in [9.17, 15) is 14.4 Å². The Morgan fingerprint density at radius 1 is 1.10 bits per heavy atom. The molecule has 0 aromatic heterocycles. The van der Waals surface area contributed by atoms with E-state index in [1.54, 1.807) is 0 Å². The van der Waals surface area contributed by atoms with E-state index in [0.29, 0.717) is 11.2 Å². The quantitative estimate of drug-likeness (QED) is 0.549. The number of hydrogen-bond donors (Lipinski definition) is 2. The second-order valence-corrected chi connectivity index (χ2v) is 9.13. The van der Waals surface area contributed by atoms with Crippen molar-refractivity contribution in [2.75, 3.05) is 30.9 Å². The van der Waals surface area contributed by atoms with E-state index in [-0.39, 0.29) is 12.5 Å². The van der Waals surface area contributed by atoms with Gasteiger partial charge in [-0.05, 0) is 68.1 Å². The molecule has 3 heterocycles. The second-order valence-electron chi connectivity index (χ2n) is 8.73. The molecule has 3 aliphatic heterocycles. The molecule has 0 unspecified atom stereocenters. The highest BCUT2D eigenvalue weighted by atomic mass is 32.1. The Kier molecular flexibility index (Phi) is 4.29. The number of carbonyl (C=O) groups is 3. The lowest BCUT2D eigenvalue weighted by atomic mass is 9.68. The first-order valence-corrected chi connectivity index (χ1v) is 10.8. The molecule has 30 heavy (non-hydrogen) atoms. The lowest BCUT2D eigenvalue weighted by Gasteiger charge is -2.50. The minimum absolute atomic E-state index is 0.237. The monoisotopic (exact) mass is 427 g/mol. The molecule has 2 N–H and O–H groups in total. The minimum atomic E-state index is -1.27. The summed E-state index contributed by atoms with van der Waals surface area (Å²) in [7, 11) is 2.92. The summed E-state index contributed by atoms with van der Waals surface area (Å²) in [6.07, 6.45) is 4.20. The molecule has 1 aliphatic carbocycles. The highest BCUT2D eigenvalue weighted by Gasteiger charge is 2.63. The van der Waals surface area contributed by atoms with Gasteiger partial charge in [0.05, 0.1) is 6.04 Å². The maximum Gasteiger partial charge on any atom is 0.332 e. The molecular weight excluding hydrogens is 402 g/mol. The third kappa shape index (κ3) is 2.71. The third-order valence-electron chi connectivity index (χ3n) is 6.80. The van der Waals surface area contributed by atoms with E-state index in [1.807, 2.05) is 18.2 Å². The summed E-state index contributed by atoms with van der Waals surface area (Å²) < 4.78 is 0. The van der Waals surface area contributed by atoms with Gasteiger partial charge in [0.1, 0.15) is 0 Å². The van der Waals surface area contributed by atoms with Crippen LogP contribution in [-0.2, 0) is 16.0 Å². The molecule has 3 fully saturated rings. The van der Waals surface area contributed by atoms with Crippen molar-refractivity contribution in [2.45, 2.75) is 44.2 Å². The van der Waals surface area contributed by atoms with E-state index >= 15 is 0 Å². The predicted octanol–water partition coefficient (Wildman–Crippen LogP) is 1.70. The molecule has 1 aromatic carbocycles. The Labute approximate surface area is 180 Å². The fraction of sp³-hybridized carbons (Fsp3) is 0.524. The summed E-state index contributed by atoms with van der Waals surface area (Å²) in [6, 6.07) is 5.65. The highest BCUT2D eigenvalue weighted by Crippen LogP contribution is 2.49. The summed E-state index contributed by atoms with van der Waals surface area (Å²) in [6.45, 7) is 0.787. The molecule has 1 saturated carbocycles. The van der Waals surface area contributed by atoms with Crippen molar-refractivity contribution >= 4 is 46.6 Å². The van der Waals surface area contributed by atoms with Crippen LogP contribution in [0.1, 0.15) is 31.2 Å². The molecule has 8 nitrogen and oxygen atoms in total. The van der Waals surface area contributed by atoms with Gasteiger partial charge >= 0.3 is 6.03 Å². The van der Waals surface area contributed by atoms with E-state index in [4.69, 9.17) is 12.2 Å². The molecule has 9 heteroatoms. The maximum absolute atomic E-state index is 13.4. The van der Waals surface area contributed by atoms with Crippen molar-refractivity contribution in [2.24, 2.45) is 5.41 Å². The van der Waals surface area contributed by atoms with Crippen LogP contribution in [-0.4, -0.2) is 65.5 Å². The highest BCUT2D eigenvalue weighted by molar-refractivity contribution is 7.80. The maximum atomic E-state index is 13.4. The van der Waals surface area contributed by atoms with E-state index in [2.05, 4.69) is 15.5 Å². The summed E-state index contributed by atoms with van der Waals surface area (Å²) >= 11 is 5.39. The Hall–Kier alpha value is -2.68. The van der Waals surface area contributed by atoms with Gasteiger partial charge in [0.25, 0.3) is 0 Å². The van der Waals surface area contributed by atoms with Crippen LogP contribution in [0.4, 0.5) is 16.2 Å². The fourth-order valence-electron chi connectivity index (χ4n) is 5.18. The van der Waals surface area contributed by atoms with Gasteiger partial charge < -0.3 is 15.5 Å².